The second kappa shape index (κ2) is 4.93. The van der Waals surface area contributed by atoms with Crippen molar-refractivity contribution in [2.24, 2.45) is 0 Å². The van der Waals surface area contributed by atoms with Crippen LogP contribution in [0.5, 0.6) is 0 Å². The molecular weight excluding hydrogens is 200 g/mol. The van der Waals surface area contributed by atoms with Crippen LogP contribution in [0.15, 0.2) is 30.3 Å². The number of rotatable bonds is 1. The first kappa shape index (κ1) is 10.2. The third-order valence-corrected chi connectivity index (χ3v) is 1.69. The van der Waals surface area contributed by atoms with Crippen molar-refractivity contribution in [2.75, 3.05) is 0 Å². The van der Waals surface area contributed by atoms with E-state index in [2.05, 4.69) is 0 Å². The summed E-state index contributed by atoms with van der Waals surface area (Å²) in [6, 6.07) is 8.29. The Labute approximate surface area is 73.6 Å². The van der Waals surface area contributed by atoms with E-state index in [0.29, 0.717) is 5.30 Å². The van der Waals surface area contributed by atoms with E-state index >= 15 is 0 Å². The Morgan fingerprint density at radius 3 is 1.80 bits per heavy atom. The maximum Gasteiger partial charge on any atom is 2.00 e. The Morgan fingerprint density at radius 2 is 1.50 bits per heavy atom. The predicted molar refractivity (Wildman–Crippen MR) is 33.0 cm³/mol. The molecule has 0 aliphatic carbocycles. The van der Waals surface area contributed by atoms with Gasteiger partial charge in [-0.15, -0.1) is 0 Å². The Bertz CT molecular complexity index is 178. The van der Waals surface area contributed by atoms with Crippen LogP contribution in [-0.4, -0.2) is 0 Å². The van der Waals surface area contributed by atoms with Gasteiger partial charge in [0.05, 0.1) is 0 Å². The average Bonchev–Trinajstić information content (AvgIpc) is 1.90. The predicted octanol–water partition coefficient (Wildman–Crippen LogP) is -0.658. The Hall–Kier alpha value is 0.193. The summed E-state index contributed by atoms with van der Waals surface area (Å²) in [6.07, 6.45) is 0. The molecule has 1 aromatic rings. The summed E-state index contributed by atoms with van der Waals surface area (Å²) in [7, 11) is -2.40. The Kier molecular flexibility index (Phi) is 5.02. The van der Waals surface area contributed by atoms with Crippen molar-refractivity contribution in [1.82, 2.24) is 0 Å². The molecule has 0 saturated carbocycles. The summed E-state index contributed by atoms with van der Waals surface area (Å²) in [4.78, 5) is 20.5. The zero-order valence-electron chi connectivity index (χ0n) is 5.36. The standard InChI is InChI=1S/C6H5O2P.Zn/c7-9(8)6-4-2-1-3-5-6;/h1-5H;/q-2;+2. The van der Waals surface area contributed by atoms with Crippen molar-refractivity contribution in [3.8, 4) is 0 Å². The third kappa shape index (κ3) is 2.85. The summed E-state index contributed by atoms with van der Waals surface area (Å²) < 4.78 is 0. The molecule has 1 rings (SSSR count). The molecule has 48 valence electrons. The van der Waals surface area contributed by atoms with Crippen LogP contribution in [0.4, 0.5) is 0 Å². The van der Waals surface area contributed by atoms with Crippen molar-refractivity contribution >= 4 is 13.7 Å². The van der Waals surface area contributed by atoms with E-state index in [-0.39, 0.29) is 19.5 Å². The zero-order valence-corrected chi connectivity index (χ0v) is 9.22. The first-order valence-corrected chi connectivity index (χ1v) is 3.68. The number of benzene rings is 1. The summed E-state index contributed by atoms with van der Waals surface area (Å²) in [6.45, 7) is 0. The van der Waals surface area contributed by atoms with Crippen molar-refractivity contribution < 1.29 is 29.3 Å². The summed E-state index contributed by atoms with van der Waals surface area (Å²) in [5, 5.41) is 0.368. The minimum Gasteiger partial charge on any atom is -0.838 e. The van der Waals surface area contributed by atoms with Gasteiger partial charge in [0.25, 0.3) is 0 Å². The van der Waals surface area contributed by atoms with Gasteiger partial charge in [-0.25, -0.2) is 0 Å². The molecule has 4 heteroatoms. The second-order valence-electron chi connectivity index (χ2n) is 1.59. The Morgan fingerprint density at radius 1 is 1.00 bits per heavy atom. The van der Waals surface area contributed by atoms with E-state index in [9.17, 15) is 9.79 Å². The molecule has 0 saturated heterocycles. The molecule has 0 radical (unpaired) electrons. The molecule has 0 N–H and O–H groups in total. The van der Waals surface area contributed by atoms with Crippen LogP contribution in [0.1, 0.15) is 0 Å². The van der Waals surface area contributed by atoms with E-state index in [4.69, 9.17) is 0 Å². The molecule has 0 spiro atoms. The molecule has 2 nitrogen and oxygen atoms in total. The number of hydrogen-bond donors (Lipinski definition) is 0. The van der Waals surface area contributed by atoms with Crippen LogP contribution in [0.2, 0.25) is 0 Å². The van der Waals surface area contributed by atoms with Gasteiger partial charge in [-0.05, 0) is 0 Å². The van der Waals surface area contributed by atoms with Crippen molar-refractivity contribution in [3.63, 3.8) is 0 Å². The SMILES string of the molecule is [O-]P([O-])c1ccccc1.[Zn+2]. The molecule has 0 bridgehead atoms. The van der Waals surface area contributed by atoms with Gasteiger partial charge in [0, 0.05) is 0 Å². The van der Waals surface area contributed by atoms with Gasteiger partial charge >= 0.3 is 19.5 Å². The molecule has 0 unspecified atom stereocenters. The van der Waals surface area contributed by atoms with Gasteiger partial charge in [-0.3, -0.25) is 8.38 Å². The van der Waals surface area contributed by atoms with Crippen molar-refractivity contribution in [3.05, 3.63) is 30.3 Å². The first-order chi connectivity index (χ1) is 4.30. The largest absolute Gasteiger partial charge is 2.00 e. The van der Waals surface area contributed by atoms with E-state index in [0.717, 1.165) is 0 Å². The molecular formula is C6H5O2PZn. The molecule has 0 fully saturated rings. The van der Waals surface area contributed by atoms with Gasteiger partial charge < -0.3 is 9.79 Å². The van der Waals surface area contributed by atoms with Crippen LogP contribution in [0.25, 0.3) is 0 Å². The van der Waals surface area contributed by atoms with Crippen LogP contribution in [-0.2, 0) is 19.5 Å². The third-order valence-electron chi connectivity index (χ3n) is 0.967. The summed E-state index contributed by atoms with van der Waals surface area (Å²) in [5.74, 6) is 0. The quantitative estimate of drug-likeness (QED) is 0.451. The van der Waals surface area contributed by atoms with Crippen molar-refractivity contribution in [2.45, 2.75) is 0 Å². The first-order valence-electron chi connectivity index (χ1n) is 2.50. The molecule has 0 heterocycles. The van der Waals surface area contributed by atoms with Crippen molar-refractivity contribution in [1.29, 1.82) is 0 Å². The number of hydrogen-bond acceptors (Lipinski definition) is 2. The monoisotopic (exact) mass is 204 g/mol. The summed E-state index contributed by atoms with van der Waals surface area (Å²) in [5.41, 5.74) is 0. The molecule has 0 atom stereocenters. The molecule has 0 aromatic heterocycles. The average molecular weight is 205 g/mol. The van der Waals surface area contributed by atoms with Gasteiger partial charge in [-0.2, -0.15) is 0 Å². The minimum absolute atomic E-state index is 0. The van der Waals surface area contributed by atoms with Crippen LogP contribution >= 0.6 is 8.38 Å². The van der Waals surface area contributed by atoms with Gasteiger partial charge in [-0.1, -0.05) is 35.6 Å². The van der Waals surface area contributed by atoms with Crippen LogP contribution < -0.4 is 15.1 Å². The zero-order chi connectivity index (χ0) is 6.69. The maximum absolute atomic E-state index is 10.2. The van der Waals surface area contributed by atoms with Gasteiger partial charge in [0.2, 0.25) is 0 Å². The topological polar surface area (TPSA) is 46.1 Å². The fourth-order valence-electron chi connectivity index (χ4n) is 0.550. The summed E-state index contributed by atoms with van der Waals surface area (Å²) >= 11 is 0. The fourth-order valence-corrected chi connectivity index (χ4v) is 0.965. The van der Waals surface area contributed by atoms with Gasteiger partial charge in [0.15, 0.2) is 0 Å². The van der Waals surface area contributed by atoms with E-state index in [1.165, 1.54) is 0 Å². The second-order valence-corrected chi connectivity index (χ2v) is 2.62. The maximum atomic E-state index is 10.2. The fraction of sp³-hybridized carbons (Fsp3) is 0. The van der Waals surface area contributed by atoms with E-state index in [1.54, 1.807) is 30.3 Å². The van der Waals surface area contributed by atoms with E-state index < -0.39 is 8.38 Å². The minimum atomic E-state index is -2.40. The Balaban J connectivity index is 0.000000810. The molecule has 0 amide bonds. The molecule has 10 heavy (non-hydrogen) atoms. The molecule has 0 aliphatic heterocycles. The van der Waals surface area contributed by atoms with E-state index in [1.807, 2.05) is 0 Å². The molecule has 0 aliphatic rings. The smallest absolute Gasteiger partial charge is 0.838 e. The molecule has 1 aromatic carbocycles. The van der Waals surface area contributed by atoms with Gasteiger partial charge in [0.1, 0.15) is 0 Å². The van der Waals surface area contributed by atoms with Crippen LogP contribution in [0, 0.1) is 0 Å². The normalized spacial score (nSPS) is 9.10. The van der Waals surface area contributed by atoms with Crippen LogP contribution in [0.3, 0.4) is 0 Å².